The Morgan fingerprint density at radius 1 is 1.27 bits per heavy atom. The number of carbonyl (C=O) groups excluding carboxylic acids is 1. The zero-order valence-electron chi connectivity index (χ0n) is 15.7. The second-order valence-electron chi connectivity index (χ2n) is 7.91. The molecule has 2 N–H and O–H groups in total. The Balaban J connectivity index is 1.30. The number of H-pyrrole nitrogens is 1. The Morgan fingerprint density at radius 3 is 2.85 bits per heavy atom. The number of likely N-dealkylation sites (tertiary alicyclic amines) is 1. The zero-order valence-corrected chi connectivity index (χ0v) is 15.7. The average Bonchev–Trinajstić information content (AvgIpc) is 3.26. The summed E-state index contributed by atoms with van der Waals surface area (Å²) in [6.07, 6.45) is 3.45. The number of nitrogens with one attached hydrogen (secondary N) is 2. The first-order valence-electron chi connectivity index (χ1n) is 9.71. The molecule has 1 aromatic heterocycles. The van der Waals surface area contributed by atoms with E-state index < -0.39 is 0 Å². The minimum atomic E-state index is 0.0375. The summed E-state index contributed by atoms with van der Waals surface area (Å²) in [5.41, 5.74) is 5.39. The number of aryl methyl sites for hydroxylation is 2. The van der Waals surface area contributed by atoms with E-state index in [2.05, 4.69) is 51.6 Å². The highest BCUT2D eigenvalue weighted by Gasteiger charge is 2.32. The van der Waals surface area contributed by atoms with Crippen LogP contribution in [0, 0.1) is 19.8 Å². The molecule has 0 spiro atoms. The molecule has 5 heteroatoms. The van der Waals surface area contributed by atoms with Gasteiger partial charge in [-0.2, -0.15) is 5.10 Å². The molecule has 2 aromatic rings. The lowest BCUT2D eigenvalue weighted by Gasteiger charge is -2.17. The van der Waals surface area contributed by atoms with Crippen molar-refractivity contribution in [2.45, 2.75) is 45.6 Å². The number of carbonyl (C=O) groups is 1. The predicted molar refractivity (Wildman–Crippen MR) is 102 cm³/mol. The van der Waals surface area contributed by atoms with Crippen LogP contribution in [-0.4, -0.2) is 40.6 Å². The lowest BCUT2D eigenvalue weighted by Crippen LogP contribution is -2.31. The number of hydrogen-bond donors (Lipinski definition) is 2. The van der Waals surface area contributed by atoms with Gasteiger partial charge in [0.05, 0.1) is 11.3 Å². The molecule has 0 radical (unpaired) electrons. The minimum absolute atomic E-state index is 0.0375. The number of aromatic nitrogens is 2. The fraction of sp³-hybridized carbons (Fsp3) is 0.524. The van der Waals surface area contributed by atoms with Gasteiger partial charge in [0.25, 0.3) is 5.91 Å². The standard InChI is InChI=1S/C21H28N4O/c1-14-5-3-4-6-18(14)13-25-10-9-16(12-25)11-22-21(26)19-15(2)23-24-20(19)17-7-8-17/h3-6,16-17H,7-13H2,1-2H3,(H,22,26)(H,23,24). The number of aromatic amines is 1. The van der Waals surface area contributed by atoms with Gasteiger partial charge in [-0.15, -0.1) is 0 Å². The molecule has 1 amide bonds. The third-order valence-electron chi connectivity index (χ3n) is 5.74. The molecule has 1 atom stereocenters. The summed E-state index contributed by atoms with van der Waals surface area (Å²) in [5, 5.41) is 10.5. The largest absolute Gasteiger partial charge is 0.352 e. The van der Waals surface area contributed by atoms with Crippen LogP contribution >= 0.6 is 0 Å². The average molecular weight is 352 g/mol. The molecule has 5 nitrogen and oxygen atoms in total. The molecule has 26 heavy (non-hydrogen) atoms. The molecule has 2 fully saturated rings. The smallest absolute Gasteiger partial charge is 0.255 e. The van der Waals surface area contributed by atoms with Gasteiger partial charge in [0, 0.05) is 31.2 Å². The second-order valence-corrected chi connectivity index (χ2v) is 7.91. The Bertz CT molecular complexity index is 793. The van der Waals surface area contributed by atoms with Crippen LogP contribution in [-0.2, 0) is 6.54 Å². The lowest BCUT2D eigenvalue weighted by atomic mass is 10.1. The summed E-state index contributed by atoms with van der Waals surface area (Å²) in [7, 11) is 0. The van der Waals surface area contributed by atoms with E-state index in [1.165, 1.54) is 11.1 Å². The number of amides is 1. The van der Waals surface area contributed by atoms with Crippen LogP contribution in [0.15, 0.2) is 24.3 Å². The van der Waals surface area contributed by atoms with E-state index in [-0.39, 0.29) is 5.91 Å². The highest BCUT2D eigenvalue weighted by Crippen LogP contribution is 2.41. The van der Waals surface area contributed by atoms with E-state index in [4.69, 9.17) is 0 Å². The molecular weight excluding hydrogens is 324 g/mol. The van der Waals surface area contributed by atoms with Crippen LogP contribution < -0.4 is 5.32 Å². The molecule has 138 valence electrons. The highest BCUT2D eigenvalue weighted by molar-refractivity contribution is 5.96. The lowest BCUT2D eigenvalue weighted by molar-refractivity contribution is 0.0945. The molecule has 4 rings (SSSR count). The van der Waals surface area contributed by atoms with Crippen LogP contribution in [0.5, 0.6) is 0 Å². The molecule has 2 heterocycles. The number of hydrogen-bond acceptors (Lipinski definition) is 3. The Labute approximate surface area is 155 Å². The molecule has 1 unspecified atom stereocenters. The second kappa shape index (κ2) is 7.23. The SMILES string of the molecule is Cc1ccccc1CN1CCC(CNC(=O)c2c(C3CC3)n[nH]c2C)C1. The van der Waals surface area contributed by atoms with Gasteiger partial charge in [-0.1, -0.05) is 24.3 Å². The Kier molecular flexibility index (Phi) is 4.81. The normalized spacial score (nSPS) is 20.5. The van der Waals surface area contributed by atoms with E-state index in [9.17, 15) is 4.79 Å². The van der Waals surface area contributed by atoms with Gasteiger partial charge in [0.15, 0.2) is 0 Å². The van der Waals surface area contributed by atoms with Gasteiger partial charge in [-0.3, -0.25) is 14.8 Å². The maximum atomic E-state index is 12.7. The predicted octanol–water partition coefficient (Wildman–Crippen LogP) is 3.16. The maximum absolute atomic E-state index is 12.7. The highest BCUT2D eigenvalue weighted by atomic mass is 16.1. The summed E-state index contributed by atoms with van der Waals surface area (Å²) in [6.45, 7) is 8.02. The number of nitrogens with zero attached hydrogens (tertiary/aromatic N) is 2. The van der Waals surface area contributed by atoms with Crippen molar-refractivity contribution in [3.63, 3.8) is 0 Å². The maximum Gasteiger partial charge on any atom is 0.255 e. The van der Waals surface area contributed by atoms with Crippen molar-refractivity contribution >= 4 is 5.91 Å². The van der Waals surface area contributed by atoms with Crippen molar-refractivity contribution in [1.82, 2.24) is 20.4 Å². The van der Waals surface area contributed by atoms with Crippen molar-refractivity contribution in [2.75, 3.05) is 19.6 Å². The van der Waals surface area contributed by atoms with E-state index in [0.717, 1.165) is 62.4 Å². The summed E-state index contributed by atoms with van der Waals surface area (Å²) in [5.74, 6) is 1.05. The summed E-state index contributed by atoms with van der Waals surface area (Å²) >= 11 is 0. The van der Waals surface area contributed by atoms with Crippen LogP contribution in [0.2, 0.25) is 0 Å². The minimum Gasteiger partial charge on any atom is -0.352 e. The van der Waals surface area contributed by atoms with Crippen LogP contribution in [0.25, 0.3) is 0 Å². The fourth-order valence-corrected chi connectivity index (χ4v) is 3.96. The van der Waals surface area contributed by atoms with Crippen LogP contribution in [0.1, 0.15) is 58.1 Å². The fourth-order valence-electron chi connectivity index (χ4n) is 3.96. The van der Waals surface area contributed by atoms with Crippen molar-refractivity contribution in [3.05, 3.63) is 52.3 Å². The first-order valence-corrected chi connectivity index (χ1v) is 9.71. The van der Waals surface area contributed by atoms with Gasteiger partial charge in [-0.25, -0.2) is 0 Å². The van der Waals surface area contributed by atoms with Gasteiger partial charge >= 0.3 is 0 Å². The van der Waals surface area contributed by atoms with Crippen LogP contribution in [0.3, 0.4) is 0 Å². The molecule has 1 aliphatic heterocycles. The van der Waals surface area contributed by atoms with Crippen molar-refractivity contribution in [2.24, 2.45) is 5.92 Å². The molecule has 0 bridgehead atoms. The van der Waals surface area contributed by atoms with E-state index in [1.54, 1.807) is 0 Å². The Morgan fingerprint density at radius 2 is 2.08 bits per heavy atom. The quantitative estimate of drug-likeness (QED) is 0.839. The number of rotatable bonds is 6. The number of benzene rings is 1. The van der Waals surface area contributed by atoms with E-state index in [0.29, 0.717) is 11.8 Å². The van der Waals surface area contributed by atoms with E-state index >= 15 is 0 Å². The summed E-state index contributed by atoms with van der Waals surface area (Å²) in [6, 6.07) is 8.59. The summed E-state index contributed by atoms with van der Waals surface area (Å²) in [4.78, 5) is 15.2. The van der Waals surface area contributed by atoms with Crippen LogP contribution in [0.4, 0.5) is 0 Å². The van der Waals surface area contributed by atoms with Crippen molar-refractivity contribution in [1.29, 1.82) is 0 Å². The summed E-state index contributed by atoms with van der Waals surface area (Å²) < 4.78 is 0. The third kappa shape index (κ3) is 3.68. The third-order valence-corrected chi connectivity index (χ3v) is 5.74. The molecular formula is C21H28N4O. The van der Waals surface area contributed by atoms with E-state index in [1.807, 2.05) is 6.92 Å². The van der Waals surface area contributed by atoms with Crippen molar-refractivity contribution in [3.8, 4) is 0 Å². The first kappa shape index (κ1) is 17.3. The molecule has 1 aliphatic carbocycles. The van der Waals surface area contributed by atoms with Gasteiger partial charge in [0.1, 0.15) is 0 Å². The first-order chi connectivity index (χ1) is 12.6. The zero-order chi connectivity index (χ0) is 18.1. The van der Waals surface area contributed by atoms with Crippen molar-refractivity contribution < 1.29 is 4.79 Å². The molecule has 1 aromatic carbocycles. The van der Waals surface area contributed by atoms with Gasteiger partial charge in [0.2, 0.25) is 0 Å². The monoisotopic (exact) mass is 352 g/mol. The topological polar surface area (TPSA) is 61.0 Å². The van der Waals surface area contributed by atoms with Gasteiger partial charge in [-0.05, 0) is 56.7 Å². The molecule has 1 saturated heterocycles. The molecule has 2 aliphatic rings. The van der Waals surface area contributed by atoms with Gasteiger partial charge < -0.3 is 5.32 Å². The molecule has 1 saturated carbocycles. The Hall–Kier alpha value is -2.14.